The van der Waals surface area contributed by atoms with Crippen molar-refractivity contribution in [2.24, 2.45) is 0 Å². The maximum atomic E-state index is 12.3. The van der Waals surface area contributed by atoms with Gasteiger partial charge < -0.3 is 14.2 Å². The second-order valence-electron chi connectivity index (χ2n) is 5.77. The molecule has 0 aromatic heterocycles. The minimum absolute atomic E-state index is 0.0265. The highest BCUT2D eigenvalue weighted by Crippen LogP contribution is 2.23. The smallest absolute Gasteiger partial charge is 0.410 e. The fourth-order valence-electron chi connectivity index (χ4n) is 2.64. The molecule has 1 aliphatic heterocycles. The largest absolute Gasteiger partial charge is 0.467 e. The van der Waals surface area contributed by atoms with Crippen LogP contribution in [0, 0.1) is 0 Å². The van der Waals surface area contributed by atoms with Crippen LogP contribution in [0.4, 0.5) is 4.79 Å². The Bertz CT molecular complexity index is 531. The van der Waals surface area contributed by atoms with Crippen molar-refractivity contribution in [3.8, 4) is 0 Å². The number of amides is 1. The first kappa shape index (κ1) is 17.3. The second-order valence-corrected chi connectivity index (χ2v) is 5.77. The van der Waals surface area contributed by atoms with Crippen molar-refractivity contribution in [3.63, 3.8) is 0 Å². The lowest BCUT2D eigenvalue weighted by Crippen LogP contribution is -2.41. The zero-order valence-corrected chi connectivity index (χ0v) is 13.7. The number of hydrogen-bond acceptors (Lipinski definition) is 5. The van der Waals surface area contributed by atoms with E-state index in [0.717, 1.165) is 5.56 Å². The lowest BCUT2D eigenvalue weighted by Gasteiger charge is -2.21. The lowest BCUT2D eigenvalue weighted by atomic mass is 10.2. The third-order valence-corrected chi connectivity index (χ3v) is 3.64. The summed E-state index contributed by atoms with van der Waals surface area (Å²) in [6, 6.07) is 8.74. The van der Waals surface area contributed by atoms with Crippen LogP contribution < -0.4 is 0 Å². The Hall–Kier alpha value is -2.08. The van der Waals surface area contributed by atoms with Crippen LogP contribution in [-0.4, -0.2) is 48.9 Å². The van der Waals surface area contributed by atoms with Crippen LogP contribution in [-0.2, 0) is 25.6 Å². The van der Waals surface area contributed by atoms with Crippen LogP contribution in [0.3, 0.4) is 0 Å². The fourth-order valence-corrected chi connectivity index (χ4v) is 2.64. The summed E-state index contributed by atoms with van der Waals surface area (Å²) in [6.07, 6.45) is -0.272. The van der Waals surface area contributed by atoms with Crippen molar-refractivity contribution in [2.45, 2.75) is 45.1 Å². The molecule has 0 bridgehead atoms. The summed E-state index contributed by atoms with van der Waals surface area (Å²) >= 11 is 0. The normalized spacial score (nSPS) is 20.6. The number of rotatable bonds is 5. The van der Waals surface area contributed by atoms with Crippen LogP contribution in [0.25, 0.3) is 0 Å². The van der Waals surface area contributed by atoms with Crippen LogP contribution in [0.1, 0.15) is 25.8 Å². The Balaban J connectivity index is 1.98. The van der Waals surface area contributed by atoms with Gasteiger partial charge in [-0.1, -0.05) is 30.3 Å². The average molecular weight is 321 g/mol. The predicted molar refractivity (Wildman–Crippen MR) is 83.8 cm³/mol. The standard InChI is InChI=1S/C17H23NO5/c1-12(2)23-14-9-15(16(19)21-3)18(10-14)17(20)22-11-13-7-5-4-6-8-13/h4-8,12,14-15H,9-11H2,1-3H3/t14-,15-/m0/s1. The molecule has 6 nitrogen and oxygen atoms in total. The molecule has 1 saturated heterocycles. The van der Waals surface area contributed by atoms with Gasteiger partial charge in [-0.2, -0.15) is 0 Å². The number of esters is 1. The van der Waals surface area contributed by atoms with Gasteiger partial charge in [-0.25, -0.2) is 9.59 Å². The van der Waals surface area contributed by atoms with E-state index >= 15 is 0 Å². The van der Waals surface area contributed by atoms with Gasteiger partial charge >= 0.3 is 12.1 Å². The van der Waals surface area contributed by atoms with E-state index in [4.69, 9.17) is 14.2 Å². The molecule has 1 aliphatic rings. The van der Waals surface area contributed by atoms with Gasteiger partial charge in [0.05, 0.1) is 25.9 Å². The summed E-state index contributed by atoms with van der Waals surface area (Å²) in [4.78, 5) is 25.6. The van der Waals surface area contributed by atoms with Crippen LogP contribution in [0.2, 0.25) is 0 Å². The molecule has 0 aliphatic carbocycles. The van der Waals surface area contributed by atoms with Gasteiger partial charge in [-0.15, -0.1) is 0 Å². The van der Waals surface area contributed by atoms with Crippen molar-refractivity contribution in [3.05, 3.63) is 35.9 Å². The molecule has 0 N–H and O–H groups in total. The predicted octanol–water partition coefficient (Wildman–Crippen LogP) is 2.36. The number of ether oxygens (including phenoxy) is 3. The molecule has 1 amide bonds. The minimum atomic E-state index is -0.660. The molecular formula is C17H23NO5. The van der Waals surface area contributed by atoms with Crippen molar-refractivity contribution in [1.82, 2.24) is 4.90 Å². The summed E-state index contributed by atoms with van der Waals surface area (Å²) < 4.78 is 15.8. The highest BCUT2D eigenvalue weighted by atomic mass is 16.6. The number of carbonyl (C=O) groups is 2. The molecule has 2 atom stereocenters. The lowest BCUT2D eigenvalue weighted by molar-refractivity contribution is -0.145. The zero-order valence-electron chi connectivity index (χ0n) is 13.7. The van der Waals surface area contributed by atoms with Gasteiger partial charge in [0.2, 0.25) is 0 Å². The van der Waals surface area contributed by atoms with Gasteiger partial charge in [0.15, 0.2) is 0 Å². The van der Waals surface area contributed by atoms with Crippen LogP contribution in [0.15, 0.2) is 30.3 Å². The van der Waals surface area contributed by atoms with E-state index in [2.05, 4.69) is 0 Å². The van der Waals surface area contributed by atoms with Gasteiger partial charge in [0.1, 0.15) is 12.6 Å². The van der Waals surface area contributed by atoms with E-state index < -0.39 is 18.1 Å². The van der Waals surface area contributed by atoms with Crippen molar-refractivity contribution < 1.29 is 23.8 Å². The molecule has 126 valence electrons. The Labute approximate surface area is 136 Å². The molecule has 1 aromatic carbocycles. The second kappa shape index (κ2) is 7.97. The molecule has 23 heavy (non-hydrogen) atoms. The number of carbonyl (C=O) groups excluding carboxylic acids is 2. The Kier molecular flexibility index (Phi) is 5.98. The first-order valence-electron chi connectivity index (χ1n) is 7.72. The molecule has 0 unspecified atom stereocenters. The highest BCUT2D eigenvalue weighted by Gasteiger charge is 2.42. The molecular weight excluding hydrogens is 298 g/mol. The highest BCUT2D eigenvalue weighted by molar-refractivity contribution is 5.82. The monoisotopic (exact) mass is 321 g/mol. The van der Waals surface area contributed by atoms with E-state index in [-0.39, 0.29) is 18.8 Å². The summed E-state index contributed by atoms with van der Waals surface area (Å²) in [5.74, 6) is -0.448. The van der Waals surface area contributed by atoms with Crippen molar-refractivity contribution >= 4 is 12.1 Å². The number of hydrogen-bond donors (Lipinski definition) is 0. The van der Waals surface area contributed by atoms with Gasteiger partial charge in [0, 0.05) is 6.42 Å². The first-order chi connectivity index (χ1) is 11.0. The topological polar surface area (TPSA) is 65.1 Å². The molecule has 1 fully saturated rings. The summed E-state index contributed by atoms with van der Waals surface area (Å²) in [5, 5.41) is 0. The van der Waals surface area contributed by atoms with Gasteiger partial charge in [-0.05, 0) is 19.4 Å². The van der Waals surface area contributed by atoms with Crippen LogP contribution in [0.5, 0.6) is 0 Å². The first-order valence-corrected chi connectivity index (χ1v) is 7.72. The molecule has 6 heteroatoms. The van der Waals surface area contributed by atoms with Gasteiger partial charge in [0.25, 0.3) is 0 Å². The molecule has 0 saturated carbocycles. The van der Waals surface area contributed by atoms with Crippen LogP contribution >= 0.6 is 0 Å². The molecule has 2 rings (SSSR count). The van der Waals surface area contributed by atoms with Crippen molar-refractivity contribution in [1.29, 1.82) is 0 Å². The maximum Gasteiger partial charge on any atom is 0.410 e. The van der Waals surface area contributed by atoms with E-state index in [1.165, 1.54) is 12.0 Å². The van der Waals surface area contributed by atoms with E-state index in [9.17, 15) is 9.59 Å². The number of nitrogens with zero attached hydrogens (tertiary/aromatic N) is 1. The van der Waals surface area contributed by atoms with E-state index in [0.29, 0.717) is 13.0 Å². The summed E-state index contributed by atoms with van der Waals surface area (Å²) in [7, 11) is 1.31. The molecule has 1 heterocycles. The van der Waals surface area contributed by atoms with E-state index in [1.54, 1.807) is 0 Å². The quantitative estimate of drug-likeness (QED) is 0.779. The maximum absolute atomic E-state index is 12.3. The SMILES string of the molecule is COC(=O)[C@@H]1C[C@H](OC(C)C)CN1C(=O)OCc1ccccc1. The van der Waals surface area contributed by atoms with Gasteiger partial charge in [-0.3, -0.25) is 4.90 Å². The summed E-state index contributed by atoms with van der Waals surface area (Å²) in [5.41, 5.74) is 0.893. The van der Waals surface area contributed by atoms with E-state index in [1.807, 2.05) is 44.2 Å². The molecule has 1 aromatic rings. The third-order valence-electron chi connectivity index (χ3n) is 3.64. The Morgan fingerprint density at radius 3 is 2.57 bits per heavy atom. The Morgan fingerprint density at radius 2 is 1.96 bits per heavy atom. The third kappa shape index (κ3) is 4.69. The number of likely N-dealkylation sites (tertiary alicyclic amines) is 1. The minimum Gasteiger partial charge on any atom is -0.467 e. The van der Waals surface area contributed by atoms with Crippen molar-refractivity contribution in [2.75, 3.05) is 13.7 Å². The molecule has 0 radical (unpaired) electrons. The summed E-state index contributed by atoms with van der Waals surface area (Å²) in [6.45, 7) is 4.33. The molecule has 0 spiro atoms. The fraction of sp³-hybridized carbons (Fsp3) is 0.529. The zero-order chi connectivity index (χ0) is 16.8. The Morgan fingerprint density at radius 1 is 1.26 bits per heavy atom. The average Bonchev–Trinajstić information content (AvgIpc) is 2.96. The number of methoxy groups -OCH3 is 1. The number of benzene rings is 1.